The number of nitrogens with one attached hydrogen (secondary N) is 1. The maximum absolute atomic E-state index is 12.9. The van der Waals surface area contributed by atoms with E-state index < -0.39 is 11.7 Å². The zero-order chi connectivity index (χ0) is 15.1. The van der Waals surface area contributed by atoms with Gasteiger partial charge in [-0.15, -0.1) is 0 Å². The summed E-state index contributed by atoms with van der Waals surface area (Å²) in [5.41, 5.74) is 2.36. The summed E-state index contributed by atoms with van der Waals surface area (Å²) in [5, 5.41) is 6.26. The number of nitrogens with zero attached hydrogens (tertiary/aromatic N) is 1. The number of hydrogen-bond acceptors (Lipinski definition) is 3. The quantitative estimate of drug-likeness (QED) is 0.678. The number of carbonyl (C=O) groups is 1. The third-order valence-electron chi connectivity index (χ3n) is 2.76. The minimum atomic E-state index is -0.411. The van der Waals surface area contributed by atoms with Crippen LogP contribution in [0.5, 0.6) is 0 Å². The molecule has 0 heterocycles. The van der Waals surface area contributed by atoms with Gasteiger partial charge in [0.2, 0.25) is 0 Å². The Labute approximate surface area is 122 Å². The Morgan fingerprint density at radius 3 is 2.86 bits per heavy atom. The second-order valence-electron chi connectivity index (χ2n) is 4.42. The predicted octanol–water partition coefficient (Wildman–Crippen LogP) is 3.12. The number of benzene rings is 2. The van der Waals surface area contributed by atoms with Crippen LogP contribution in [0, 0.1) is 12.7 Å². The highest BCUT2D eigenvalue weighted by Gasteiger charge is 2.03. The Bertz CT molecular complexity index is 656. The van der Waals surface area contributed by atoms with E-state index in [1.807, 2.05) is 31.2 Å². The molecule has 0 aromatic heterocycles. The maximum atomic E-state index is 12.9. The monoisotopic (exact) mass is 286 g/mol. The van der Waals surface area contributed by atoms with Gasteiger partial charge < -0.3 is 10.2 Å². The van der Waals surface area contributed by atoms with Crippen molar-refractivity contribution in [3.8, 4) is 0 Å². The molecule has 0 saturated heterocycles. The van der Waals surface area contributed by atoms with E-state index in [1.54, 1.807) is 12.3 Å². The summed E-state index contributed by atoms with van der Waals surface area (Å²) < 4.78 is 12.9. The lowest BCUT2D eigenvalue weighted by Crippen LogP contribution is -2.17. The average Bonchev–Trinajstić information content (AvgIpc) is 2.45. The van der Waals surface area contributed by atoms with Gasteiger partial charge in [0.25, 0.3) is 5.91 Å². The van der Waals surface area contributed by atoms with Crippen LogP contribution in [-0.4, -0.2) is 18.7 Å². The van der Waals surface area contributed by atoms with Crippen molar-refractivity contribution in [2.75, 3.05) is 11.9 Å². The van der Waals surface area contributed by atoms with Gasteiger partial charge in [0, 0.05) is 5.69 Å². The van der Waals surface area contributed by atoms with Gasteiger partial charge in [-0.25, -0.2) is 4.39 Å². The van der Waals surface area contributed by atoms with Crippen LogP contribution in [0.2, 0.25) is 0 Å². The van der Waals surface area contributed by atoms with Crippen LogP contribution >= 0.6 is 0 Å². The van der Waals surface area contributed by atoms with Gasteiger partial charge >= 0.3 is 0 Å². The van der Waals surface area contributed by atoms with Crippen molar-refractivity contribution in [3.63, 3.8) is 0 Å². The van der Waals surface area contributed by atoms with Gasteiger partial charge in [0.1, 0.15) is 5.82 Å². The van der Waals surface area contributed by atoms with Crippen LogP contribution in [0.15, 0.2) is 53.7 Å². The Morgan fingerprint density at radius 1 is 1.29 bits per heavy atom. The molecule has 0 fully saturated rings. The van der Waals surface area contributed by atoms with Gasteiger partial charge in [0.15, 0.2) is 6.61 Å². The average molecular weight is 286 g/mol. The van der Waals surface area contributed by atoms with Gasteiger partial charge in [-0.05, 0) is 36.2 Å². The summed E-state index contributed by atoms with van der Waals surface area (Å²) in [5.74, 6) is -0.811. The molecule has 0 aliphatic rings. The molecule has 108 valence electrons. The Kier molecular flexibility index (Phi) is 5.04. The van der Waals surface area contributed by atoms with E-state index in [0.29, 0.717) is 5.69 Å². The molecular formula is C16H15FN2O2. The summed E-state index contributed by atoms with van der Waals surface area (Å²) in [6.45, 7) is 1.72. The Hall–Kier alpha value is -2.69. The first kappa shape index (κ1) is 14.7. The third-order valence-corrected chi connectivity index (χ3v) is 2.76. The van der Waals surface area contributed by atoms with Crippen molar-refractivity contribution in [2.24, 2.45) is 5.16 Å². The SMILES string of the molecule is Cc1ccccc1/C=N\OCC(=O)Nc1cccc(F)c1. The number of halogens is 1. The van der Waals surface area contributed by atoms with E-state index in [1.165, 1.54) is 18.2 Å². The number of oxime groups is 1. The highest BCUT2D eigenvalue weighted by molar-refractivity contribution is 5.91. The fraction of sp³-hybridized carbons (Fsp3) is 0.125. The summed E-state index contributed by atoms with van der Waals surface area (Å²) >= 11 is 0. The van der Waals surface area contributed by atoms with Crippen LogP contribution in [0.4, 0.5) is 10.1 Å². The summed E-state index contributed by atoms with van der Waals surface area (Å²) in [4.78, 5) is 16.5. The lowest BCUT2D eigenvalue weighted by molar-refractivity contribution is -0.120. The predicted molar refractivity (Wildman–Crippen MR) is 79.8 cm³/mol. The van der Waals surface area contributed by atoms with E-state index in [2.05, 4.69) is 10.5 Å². The van der Waals surface area contributed by atoms with E-state index in [-0.39, 0.29) is 6.61 Å². The molecule has 1 amide bonds. The van der Waals surface area contributed by atoms with Crippen molar-refractivity contribution < 1.29 is 14.0 Å². The molecule has 0 atom stereocenters. The lowest BCUT2D eigenvalue weighted by atomic mass is 10.1. The van der Waals surface area contributed by atoms with Crippen molar-refractivity contribution in [3.05, 3.63) is 65.5 Å². The molecule has 0 aliphatic heterocycles. The standard InChI is InChI=1S/C16H15FN2O2/c1-12-5-2-3-6-13(12)10-18-21-11-16(20)19-15-8-4-7-14(17)9-15/h2-10H,11H2,1H3,(H,19,20)/b18-10-. The molecule has 0 saturated carbocycles. The minimum Gasteiger partial charge on any atom is -0.386 e. The molecule has 21 heavy (non-hydrogen) atoms. The fourth-order valence-electron chi connectivity index (χ4n) is 1.68. The molecule has 2 aromatic rings. The molecule has 0 bridgehead atoms. The fourth-order valence-corrected chi connectivity index (χ4v) is 1.68. The molecule has 5 heteroatoms. The third kappa shape index (κ3) is 4.72. The second kappa shape index (κ2) is 7.19. The number of aryl methyl sites for hydroxylation is 1. The van der Waals surface area contributed by atoms with Crippen LogP contribution < -0.4 is 5.32 Å². The van der Waals surface area contributed by atoms with Gasteiger partial charge in [0.05, 0.1) is 6.21 Å². The van der Waals surface area contributed by atoms with Crippen LogP contribution in [0.1, 0.15) is 11.1 Å². The number of amides is 1. The van der Waals surface area contributed by atoms with E-state index in [4.69, 9.17) is 4.84 Å². The summed E-state index contributed by atoms with van der Waals surface area (Å²) in [7, 11) is 0. The number of carbonyl (C=O) groups excluding carboxylic acids is 1. The zero-order valence-corrected chi connectivity index (χ0v) is 11.5. The van der Waals surface area contributed by atoms with Crippen LogP contribution in [0.25, 0.3) is 0 Å². The maximum Gasteiger partial charge on any atom is 0.265 e. The molecule has 0 radical (unpaired) electrons. The highest BCUT2D eigenvalue weighted by Crippen LogP contribution is 2.08. The highest BCUT2D eigenvalue weighted by atomic mass is 19.1. The number of anilines is 1. The first-order chi connectivity index (χ1) is 10.1. The van der Waals surface area contributed by atoms with Crippen molar-refractivity contribution in [1.82, 2.24) is 0 Å². The van der Waals surface area contributed by atoms with Crippen LogP contribution in [0.3, 0.4) is 0 Å². The molecule has 1 N–H and O–H groups in total. The van der Waals surface area contributed by atoms with E-state index in [0.717, 1.165) is 11.1 Å². The molecule has 2 aromatic carbocycles. The van der Waals surface area contributed by atoms with Gasteiger partial charge in [-0.2, -0.15) is 0 Å². The Morgan fingerprint density at radius 2 is 2.10 bits per heavy atom. The smallest absolute Gasteiger partial charge is 0.265 e. The molecule has 0 spiro atoms. The molecule has 4 nitrogen and oxygen atoms in total. The Balaban J connectivity index is 1.81. The summed E-state index contributed by atoms with van der Waals surface area (Å²) in [6.07, 6.45) is 1.55. The minimum absolute atomic E-state index is 0.237. The first-order valence-corrected chi connectivity index (χ1v) is 6.41. The van der Waals surface area contributed by atoms with E-state index >= 15 is 0 Å². The van der Waals surface area contributed by atoms with Crippen LogP contribution in [-0.2, 0) is 9.63 Å². The normalized spacial score (nSPS) is 10.6. The van der Waals surface area contributed by atoms with Crippen molar-refractivity contribution in [2.45, 2.75) is 6.92 Å². The zero-order valence-electron chi connectivity index (χ0n) is 11.5. The molecule has 2 rings (SSSR count). The van der Waals surface area contributed by atoms with Gasteiger partial charge in [-0.3, -0.25) is 4.79 Å². The van der Waals surface area contributed by atoms with Crippen molar-refractivity contribution in [1.29, 1.82) is 0 Å². The largest absolute Gasteiger partial charge is 0.386 e. The van der Waals surface area contributed by atoms with Crippen molar-refractivity contribution >= 4 is 17.8 Å². The second-order valence-corrected chi connectivity index (χ2v) is 4.42. The molecular weight excluding hydrogens is 271 g/mol. The first-order valence-electron chi connectivity index (χ1n) is 6.41. The van der Waals surface area contributed by atoms with Gasteiger partial charge in [-0.1, -0.05) is 35.5 Å². The lowest BCUT2D eigenvalue weighted by Gasteiger charge is -2.04. The molecule has 0 unspecified atom stereocenters. The molecule has 0 aliphatic carbocycles. The number of hydrogen-bond donors (Lipinski definition) is 1. The topological polar surface area (TPSA) is 50.7 Å². The summed E-state index contributed by atoms with van der Waals surface area (Å²) in [6, 6.07) is 13.3. The number of rotatable bonds is 5. The van der Waals surface area contributed by atoms with E-state index in [9.17, 15) is 9.18 Å².